The molecule has 1 rings (SSSR count). The minimum atomic E-state index is 0.297. The van der Waals surface area contributed by atoms with E-state index in [1.807, 2.05) is 0 Å². The van der Waals surface area contributed by atoms with Crippen LogP contribution in [0.25, 0.3) is 0 Å². The fraction of sp³-hybridized carbons (Fsp3) is 0.833. The van der Waals surface area contributed by atoms with Gasteiger partial charge in [-0.05, 0) is 32.1 Å². The van der Waals surface area contributed by atoms with E-state index in [0.29, 0.717) is 11.7 Å². The number of Topliss-reactive ketones (excluding diaryl/α,β-unsaturated/α-hetero) is 1. The highest BCUT2D eigenvalue weighted by Crippen LogP contribution is 2.34. The van der Waals surface area contributed by atoms with E-state index in [2.05, 4.69) is 6.92 Å². The van der Waals surface area contributed by atoms with Crippen LogP contribution >= 0.6 is 0 Å². The zero-order chi connectivity index (χ0) is 9.68. The highest BCUT2D eigenvalue weighted by atomic mass is 16.1. The van der Waals surface area contributed by atoms with Crippen molar-refractivity contribution < 1.29 is 4.79 Å². The molecule has 0 N–H and O–H groups in total. The topological polar surface area (TPSA) is 17.1 Å². The molecule has 1 nitrogen and oxygen atoms in total. The van der Waals surface area contributed by atoms with Gasteiger partial charge in [-0.1, -0.05) is 32.6 Å². The van der Waals surface area contributed by atoms with Gasteiger partial charge >= 0.3 is 0 Å². The zero-order valence-corrected chi connectivity index (χ0v) is 8.94. The molecule has 75 valence electrons. The van der Waals surface area contributed by atoms with Crippen molar-refractivity contribution in [1.82, 2.24) is 0 Å². The first kappa shape index (κ1) is 10.7. The highest BCUT2D eigenvalue weighted by molar-refractivity contribution is 5.80. The van der Waals surface area contributed by atoms with Crippen LogP contribution in [0.1, 0.15) is 58.8 Å². The predicted octanol–water partition coefficient (Wildman–Crippen LogP) is 3.53. The van der Waals surface area contributed by atoms with Gasteiger partial charge in [-0.2, -0.15) is 0 Å². The third-order valence-corrected chi connectivity index (χ3v) is 3.06. The lowest BCUT2D eigenvalue weighted by Crippen LogP contribution is -2.22. The minimum absolute atomic E-state index is 0.297. The Labute approximate surface area is 81.9 Å². The summed E-state index contributed by atoms with van der Waals surface area (Å²) in [5, 5.41) is 0. The maximum absolute atomic E-state index is 11.4. The van der Waals surface area contributed by atoms with E-state index in [1.54, 1.807) is 12.8 Å². The van der Waals surface area contributed by atoms with Crippen LogP contribution < -0.4 is 0 Å². The van der Waals surface area contributed by atoms with Gasteiger partial charge in [0.05, 0.1) is 0 Å². The summed E-state index contributed by atoms with van der Waals surface area (Å²) in [5.41, 5.74) is 0. The molecule has 1 saturated carbocycles. The summed E-state index contributed by atoms with van der Waals surface area (Å²) in [6.07, 6.45) is 8.61. The maximum atomic E-state index is 11.4. The minimum Gasteiger partial charge on any atom is -0.300 e. The van der Waals surface area contributed by atoms with Crippen LogP contribution in [-0.2, 0) is 4.79 Å². The molecule has 0 amide bonds. The molecule has 1 heteroatoms. The second-order valence-corrected chi connectivity index (χ2v) is 4.17. The maximum Gasteiger partial charge on any atom is 0.133 e. The summed E-state index contributed by atoms with van der Waals surface area (Å²) in [5.74, 6) is 2.23. The van der Waals surface area contributed by atoms with E-state index in [9.17, 15) is 4.79 Å². The molecule has 0 aromatic heterocycles. The van der Waals surface area contributed by atoms with Gasteiger partial charge in [0.2, 0.25) is 0 Å². The van der Waals surface area contributed by atoms with Crippen molar-refractivity contribution in [2.45, 2.75) is 58.8 Å². The number of hydrogen-bond donors (Lipinski definition) is 0. The zero-order valence-electron chi connectivity index (χ0n) is 8.94. The van der Waals surface area contributed by atoms with Gasteiger partial charge in [-0.25, -0.2) is 0 Å². The van der Waals surface area contributed by atoms with Crippen molar-refractivity contribution in [3.8, 4) is 0 Å². The average molecular weight is 181 g/mol. The fourth-order valence-electron chi connectivity index (χ4n) is 2.34. The van der Waals surface area contributed by atoms with Crippen molar-refractivity contribution in [3.05, 3.63) is 5.92 Å². The third kappa shape index (κ3) is 3.13. The molecule has 0 aromatic rings. The Balaban J connectivity index is 2.46. The van der Waals surface area contributed by atoms with Crippen LogP contribution in [0.5, 0.6) is 0 Å². The molecule has 0 bridgehead atoms. The lowest BCUT2D eigenvalue weighted by atomic mass is 9.76. The second-order valence-electron chi connectivity index (χ2n) is 4.17. The second kappa shape index (κ2) is 5.41. The van der Waals surface area contributed by atoms with E-state index in [1.165, 1.54) is 32.1 Å². The van der Waals surface area contributed by atoms with Gasteiger partial charge in [0, 0.05) is 5.92 Å². The Morgan fingerprint density at radius 3 is 2.38 bits per heavy atom. The van der Waals surface area contributed by atoms with E-state index in [0.717, 1.165) is 12.8 Å². The molecule has 1 unspecified atom stereocenters. The summed E-state index contributed by atoms with van der Waals surface area (Å²) >= 11 is 0. The van der Waals surface area contributed by atoms with Gasteiger partial charge in [0.15, 0.2) is 0 Å². The normalized spacial score (nSPS) is 21.4. The lowest BCUT2D eigenvalue weighted by molar-refractivity contribution is -0.120. The first-order chi connectivity index (χ1) is 6.25. The van der Waals surface area contributed by atoms with Crippen LogP contribution in [0.3, 0.4) is 0 Å². The Hall–Kier alpha value is -0.330. The van der Waals surface area contributed by atoms with Gasteiger partial charge in [0.1, 0.15) is 5.78 Å². The lowest BCUT2D eigenvalue weighted by Gasteiger charge is -2.27. The van der Waals surface area contributed by atoms with E-state index in [-0.39, 0.29) is 0 Å². The molecule has 13 heavy (non-hydrogen) atoms. The number of carbonyl (C=O) groups excluding carboxylic acids is 1. The molecule has 1 aliphatic rings. The predicted molar refractivity (Wildman–Crippen MR) is 55.4 cm³/mol. The quantitative estimate of drug-likeness (QED) is 0.648. The molecule has 1 aliphatic carbocycles. The van der Waals surface area contributed by atoms with Crippen molar-refractivity contribution in [3.63, 3.8) is 0 Å². The van der Waals surface area contributed by atoms with Crippen LogP contribution in [0.2, 0.25) is 0 Å². The summed E-state index contributed by atoms with van der Waals surface area (Å²) < 4.78 is 0. The molecule has 0 aromatic carbocycles. The van der Waals surface area contributed by atoms with Gasteiger partial charge in [-0.15, -0.1) is 0 Å². The molecule has 0 spiro atoms. The van der Waals surface area contributed by atoms with E-state index >= 15 is 0 Å². The number of hydrogen-bond acceptors (Lipinski definition) is 1. The van der Waals surface area contributed by atoms with Gasteiger partial charge in [0.25, 0.3) is 0 Å². The number of rotatable bonds is 4. The average Bonchev–Trinajstić information content (AvgIpc) is 2.15. The number of ketones is 1. The van der Waals surface area contributed by atoms with Crippen molar-refractivity contribution >= 4 is 5.78 Å². The van der Waals surface area contributed by atoms with Crippen molar-refractivity contribution in [2.24, 2.45) is 5.92 Å². The summed E-state index contributed by atoms with van der Waals surface area (Å²) in [7, 11) is 0. The molecule has 0 heterocycles. The largest absolute Gasteiger partial charge is 0.300 e. The fourth-order valence-corrected chi connectivity index (χ4v) is 2.34. The standard InChI is InChI=1S/C12H21O/c1-3-7-12(10(2)13)11-8-5-4-6-9-11/h12H,3-9H2,1-2H3. The summed E-state index contributed by atoms with van der Waals surface area (Å²) in [4.78, 5) is 11.4. The first-order valence-corrected chi connectivity index (χ1v) is 5.60. The van der Waals surface area contributed by atoms with Crippen molar-refractivity contribution in [1.29, 1.82) is 0 Å². The van der Waals surface area contributed by atoms with E-state index < -0.39 is 0 Å². The van der Waals surface area contributed by atoms with Crippen molar-refractivity contribution in [2.75, 3.05) is 0 Å². The monoisotopic (exact) mass is 181 g/mol. The summed E-state index contributed by atoms with van der Waals surface area (Å²) in [6.45, 7) is 3.92. The van der Waals surface area contributed by atoms with Gasteiger partial charge < -0.3 is 0 Å². The molecule has 0 saturated heterocycles. The van der Waals surface area contributed by atoms with Crippen LogP contribution in [0.15, 0.2) is 0 Å². The van der Waals surface area contributed by atoms with Crippen LogP contribution in [0.4, 0.5) is 0 Å². The Morgan fingerprint density at radius 2 is 1.92 bits per heavy atom. The summed E-state index contributed by atoms with van der Waals surface area (Å²) in [6, 6.07) is 0. The third-order valence-electron chi connectivity index (χ3n) is 3.06. The smallest absolute Gasteiger partial charge is 0.133 e. The Bertz CT molecular complexity index is 157. The molecule has 1 radical (unpaired) electrons. The van der Waals surface area contributed by atoms with Gasteiger partial charge in [-0.3, -0.25) is 4.79 Å². The molecule has 1 fully saturated rings. The van der Waals surface area contributed by atoms with E-state index in [4.69, 9.17) is 0 Å². The van der Waals surface area contributed by atoms with Crippen LogP contribution in [-0.4, -0.2) is 5.78 Å². The molecular formula is C12H21O. The highest BCUT2D eigenvalue weighted by Gasteiger charge is 2.26. The molecule has 1 atom stereocenters. The SMILES string of the molecule is CCCC([C]1CCCCC1)C(C)=O. The molecule has 0 aliphatic heterocycles. The number of carbonyl (C=O) groups is 1. The first-order valence-electron chi connectivity index (χ1n) is 5.60. The Kier molecular flexibility index (Phi) is 4.47. The van der Waals surface area contributed by atoms with Crippen LogP contribution in [0, 0.1) is 11.8 Å². The Morgan fingerprint density at radius 1 is 1.31 bits per heavy atom. The molecular weight excluding hydrogens is 160 g/mol.